The number of H-pyrrole nitrogens is 1. The number of ether oxygens (including phenoxy) is 1. The van der Waals surface area contributed by atoms with E-state index in [1.807, 2.05) is 0 Å². The van der Waals surface area contributed by atoms with E-state index < -0.39 is 21.7 Å². The van der Waals surface area contributed by atoms with Crippen LogP contribution in [0.2, 0.25) is 0 Å². The minimum Gasteiger partial charge on any atom is -0.497 e. The van der Waals surface area contributed by atoms with Gasteiger partial charge in [-0.3, -0.25) is 4.72 Å². The van der Waals surface area contributed by atoms with Gasteiger partial charge in [-0.25, -0.2) is 17.2 Å². The molecule has 0 atom stereocenters. The van der Waals surface area contributed by atoms with Crippen molar-refractivity contribution in [3.05, 3.63) is 77.1 Å². The molecule has 0 saturated heterocycles. The number of hydrogen-bond donors (Lipinski definition) is 2. The number of sulfonamides is 1. The largest absolute Gasteiger partial charge is 0.497 e. The Labute approximate surface area is 160 Å². The highest BCUT2D eigenvalue weighted by Gasteiger charge is 2.21. The van der Waals surface area contributed by atoms with Gasteiger partial charge in [0.25, 0.3) is 10.0 Å². The molecule has 0 aliphatic heterocycles. The molecule has 0 saturated carbocycles. The molecule has 1 heterocycles. The third kappa shape index (κ3) is 4.13. The Balaban J connectivity index is 1.90. The molecular formula is C19H15F2N3O3S. The number of halogens is 2. The number of rotatable bonds is 6. The van der Waals surface area contributed by atoms with Gasteiger partial charge in [-0.15, -0.1) is 0 Å². The van der Waals surface area contributed by atoms with E-state index in [0.717, 1.165) is 6.07 Å². The lowest BCUT2D eigenvalue weighted by Crippen LogP contribution is -2.15. The number of nitrogens with zero attached hydrogens (tertiary/aromatic N) is 1. The van der Waals surface area contributed by atoms with E-state index in [0.29, 0.717) is 16.9 Å². The molecule has 3 aromatic rings. The topological polar surface area (TPSA) is 95.0 Å². The first-order valence-corrected chi connectivity index (χ1v) is 9.52. The zero-order valence-corrected chi connectivity index (χ0v) is 15.5. The molecule has 0 spiro atoms. The molecule has 2 N–H and O–H groups in total. The predicted molar refractivity (Wildman–Crippen MR) is 98.5 cm³/mol. The van der Waals surface area contributed by atoms with E-state index in [2.05, 4.69) is 9.71 Å². The summed E-state index contributed by atoms with van der Waals surface area (Å²) in [5.74, 6) is -1.06. The van der Waals surface area contributed by atoms with E-state index in [1.54, 1.807) is 12.1 Å². The molecular weight excluding hydrogens is 388 g/mol. The molecule has 144 valence electrons. The summed E-state index contributed by atoms with van der Waals surface area (Å²) in [7, 11) is -2.71. The molecule has 6 nitrogen and oxygen atoms in total. The summed E-state index contributed by atoms with van der Waals surface area (Å²) in [5.41, 5.74) is 0.674. The molecule has 2 aromatic carbocycles. The second-order valence-corrected chi connectivity index (χ2v) is 7.58. The normalized spacial score (nSPS) is 11.1. The lowest BCUT2D eigenvalue weighted by molar-refractivity contribution is 0.410. The van der Waals surface area contributed by atoms with Crippen LogP contribution in [0.5, 0.6) is 5.75 Å². The number of benzene rings is 2. The van der Waals surface area contributed by atoms with Gasteiger partial charge in [0.1, 0.15) is 22.3 Å². The van der Waals surface area contributed by atoms with Gasteiger partial charge < -0.3 is 9.72 Å². The summed E-state index contributed by atoms with van der Waals surface area (Å²) in [5, 5.41) is 8.77. The average Bonchev–Trinajstić information content (AvgIpc) is 3.11. The van der Waals surface area contributed by atoms with Gasteiger partial charge in [0, 0.05) is 24.9 Å². The van der Waals surface area contributed by atoms with Crippen LogP contribution in [0.4, 0.5) is 14.5 Å². The molecule has 0 bridgehead atoms. The Bertz CT molecular complexity index is 1170. The molecule has 0 amide bonds. The van der Waals surface area contributed by atoms with Gasteiger partial charge in [-0.1, -0.05) is 0 Å². The number of aromatic nitrogens is 1. The Morgan fingerprint density at radius 1 is 1.18 bits per heavy atom. The highest BCUT2D eigenvalue weighted by molar-refractivity contribution is 7.92. The van der Waals surface area contributed by atoms with Crippen LogP contribution >= 0.6 is 0 Å². The van der Waals surface area contributed by atoms with Crippen LogP contribution in [0.1, 0.15) is 16.7 Å². The smallest absolute Gasteiger partial charge is 0.263 e. The highest BCUT2D eigenvalue weighted by Crippen LogP contribution is 2.25. The van der Waals surface area contributed by atoms with E-state index in [9.17, 15) is 17.2 Å². The summed E-state index contributed by atoms with van der Waals surface area (Å²) >= 11 is 0. The van der Waals surface area contributed by atoms with Crippen LogP contribution in [-0.4, -0.2) is 20.5 Å². The van der Waals surface area contributed by atoms with Crippen molar-refractivity contribution in [3.8, 4) is 11.8 Å². The van der Waals surface area contributed by atoms with Crippen molar-refractivity contribution in [1.29, 1.82) is 5.26 Å². The van der Waals surface area contributed by atoms with Crippen LogP contribution in [0.25, 0.3) is 0 Å². The van der Waals surface area contributed by atoms with E-state index in [-0.39, 0.29) is 22.6 Å². The van der Waals surface area contributed by atoms with Gasteiger partial charge in [0.05, 0.1) is 24.4 Å². The molecule has 0 aliphatic rings. The lowest BCUT2D eigenvalue weighted by Gasteiger charge is -2.10. The molecule has 1 aromatic heterocycles. The van der Waals surface area contributed by atoms with Gasteiger partial charge in [0.2, 0.25) is 0 Å². The molecule has 0 radical (unpaired) electrons. The van der Waals surface area contributed by atoms with Crippen LogP contribution in [-0.2, 0) is 16.4 Å². The van der Waals surface area contributed by atoms with Crippen molar-refractivity contribution in [1.82, 2.24) is 4.98 Å². The summed E-state index contributed by atoms with van der Waals surface area (Å²) in [6, 6.07) is 9.28. The first-order valence-electron chi connectivity index (χ1n) is 8.04. The van der Waals surface area contributed by atoms with Gasteiger partial charge in [-0.05, 0) is 41.5 Å². The van der Waals surface area contributed by atoms with Crippen LogP contribution in [0.15, 0.2) is 53.7 Å². The SMILES string of the molecule is COc1cc(F)cc(Cc2c[nH]cc2S(=O)(=O)Nc2ccc(C#N)cc2F)c1. The monoisotopic (exact) mass is 403 g/mol. The number of hydrogen-bond acceptors (Lipinski definition) is 4. The van der Waals surface area contributed by atoms with Crippen molar-refractivity contribution in [2.75, 3.05) is 11.8 Å². The Hall–Kier alpha value is -3.38. The molecule has 28 heavy (non-hydrogen) atoms. The maximum Gasteiger partial charge on any atom is 0.263 e. The van der Waals surface area contributed by atoms with Crippen LogP contribution in [0, 0.1) is 23.0 Å². The molecule has 9 heteroatoms. The lowest BCUT2D eigenvalue weighted by atomic mass is 10.1. The van der Waals surface area contributed by atoms with Crippen molar-refractivity contribution in [2.45, 2.75) is 11.3 Å². The van der Waals surface area contributed by atoms with E-state index >= 15 is 0 Å². The molecule has 0 fully saturated rings. The fraction of sp³-hybridized carbons (Fsp3) is 0.105. The molecule has 0 aliphatic carbocycles. The fourth-order valence-corrected chi connectivity index (χ4v) is 3.96. The number of methoxy groups -OCH3 is 1. The standard InChI is InChI=1S/C19H15F2N3O3S/c1-27-16-6-13(5-15(20)8-16)4-14-10-23-11-19(14)28(25,26)24-18-3-2-12(9-22)7-17(18)21/h2-3,5-8,10-11,23-24H,4H2,1H3. The Kier molecular flexibility index (Phi) is 5.33. The van der Waals surface area contributed by atoms with Gasteiger partial charge in [0.15, 0.2) is 0 Å². The van der Waals surface area contributed by atoms with E-state index in [4.69, 9.17) is 10.00 Å². The Morgan fingerprint density at radius 3 is 2.64 bits per heavy atom. The second kappa shape index (κ2) is 7.70. The molecule has 0 unspecified atom stereocenters. The zero-order chi connectivity index (χ0) is 20.3. The van der Waals surface area contributed by atoms with Crippen molar-refractivity contribution >= 4 is 15.7 Å². The minimum atomic E-state index is -4.12. The van der Waals surface area contributed by atoms with Crippen molar-refractivity contribution in [3.63, 3.8) is 0 Å². The fourth-order valence-electron chi connectivity index (χ4n) is 2.70. The number of nitriles is 1. The third-order valence-electron chi connectivity index (χ3n) is 3.98. The third-order valence-corrected chi connectivity index (χ3v) is 5.43. The highest BCUT2D eigenvalue weighted by atomic mass is 32.2. The quantitative estimate of drug-likeness (QED) is 0.658. The van der Waals surface area contributed by atoms with Gasteiger partial charge in [-0.2, -0.15) is 5.26 Å². The summed E-state index contributed by atoms with van der Waals surface area (Å²) in [6.45, 7) is 0. The molecule has 3 rings (SSSR count). The summed E-state index contributed by atoms with van der Waals surface area (Å²) in [4.78, 5) is 2.61. The number of aromatic amines is 1. The maximum atomic E-state index is 14.0. The minimum absolute atomic E-state index is 0.0721. The zero-order valence-electron chi connectivity index (χ0n) is 14.7. The average molecular weight is 403 g/mol. The maximum absolute atomic E-state index is 14.0. The van der Waals surface area contributed by atoms with Crippen molar-refractivity contribution < 1.29 is 21.9 Å². The summed E-state index contributed by atoms with van der Waals surface area (Å²) < 4.78 is 60.3. The van der Waals surface area contributed by atoms with E-state index in [1.165, 1.54) is 43.8 Å². The number of nitrogens with one attached hydrogen (secondary N) is 2. The first-order chi connectivity index (χ1) is 13.3. The summed E-state index contributed by atoms with van der Waals surface area (Å²) in [6.07, 6.45) is 2.85. The van der Waals surface area contributed by atoms with Crippen LogP contribution < -0.4 is 9.46 Å². The first kappa shape index (κ1) is 19.4. The second-order valence-electron chi connectivity index (χ2n) is 5.93. The Morgan fingerprint density at radius 2 is 1.96 bits per heavy atom. The number of anilines is 1. The van der Waals surface area contributed by atoms with Gasteiger partial charge >= 0.3 is 0 Å². The van der Waals surface area contributed by atoms with Crippen LogP contribution in [0.3, 0.4) is 0 Å². The van der Waals surface area contributed by atoms with Crippen molar-refractivity contribution in [2.24, 2.45) is 0 Å². The predicted octanol–water partition coefficient (Wildman–Crippen LogP) is 3.56.